The summed E-state index contributed by atoms with van der Waals surface area (Å²) in [6.45, 7) is 4.27. The van der Waals surface area contributed by atoms with Crippen LogP contribution in [0.1, 0.15) is 25.7 Å². The summed E-state index contributed by atoms with van der Waals surface area (Å²) in [5.74, 6) is 5.52. The topological polar surface area (TPSA) is 55.1 Å². The molecule has 5 heteroatoms. The monoisotopic (exact) mass is 318 g/mol. The van der Waals surface area contributed by atoms with Gasteiger partial charge in [-0.3, -0.25) is 4.79 Å². The number of benzene rings is 1. The van der Waals surface area contributed by atoms with Gasteiger partial charge in [0.1, 0.15) is 0 Å². The summed E-state index contributed by atoms with van der Waals surface area (Å²) in [7, 11) is 0. The van der Waals surface area contributed by atoms with Gasteiger partial charge in [-0.2, -0.15) is 0 Å². The molecule has 2 rings (SSSR count). The first-order valence-corrected chi connectivity index (χ1v) is 7.57. The first-order valence-electron chi connectivity index (χ1n) is 6.38. The maximum atomic E-state index is 12.2. The van der Waals surface area contributed by atoms with Crippen molar-refractivity contribution in [1.29, 1.82) is 0 Å². The lowest BCUT2D eigenvalue weighted by atomic mass is 10.2. The van der Waals surface area contributed by atoms with Crippen LogP contribution in [-0.2, 0) is 0 Å². The van der Waals surface area contributed by atoms with Crippen LogP contribution in [0.3, 0.4) is 0 Å². The third kappa shape index (κ3) is 3.85. The fourth-order valence-electron chi connectivity index (χ4n) is 1.72. The molecule has 1 amide bonds. The molecule has 0 unspecified atom stereocenters. The molecular weight excluding hydrogens is 304 g/mol. The highest BCUT2D eigenvalue weighted by molar-refractivity contribution is 7.14. The summed E-state index contributed by atoms with van der Waals surface area (Å²) >= 11 is 7.58. The first-order chi connectivity index (χ1) is 10.0. The molecule has 1 heterocycles. The Morgan fingerprint density at radius 2 is 2.14 bits per heavy atom. The van der Waals surface area contributed by atoms with Crippen LogP contribution in [0.25, 0.3) is 0 Å². The Hall–Kier alpha value is -1.80. The third-order valence-electron chi connectivity index (χ3n) is 2.94. The van der Waals surface area contributed by atoms with Crippen molar-refractivity contribution in [2.24, 2.45) is 5.73 Å². The summed E-state index contributed by atoms with van der Waals surface area (Å²) in [6.07, 6.45) is 0. The number of nitrogens with one attached hydrogen (secondary N) is 1. The predicted molar refractivity (Wildman–Crippen MR) is 89.1 cm³/mol. The molecule has 108 valence electrons. The number of carbonyl (C=O) groups is 1. The zero-order chi connectivity index (χ0) is 15.4. The highest BCUT2D eigenvalue weighted by Gasteiger charge is 2.12. The smallest absolute Gasteiger partial charge is 0.265 e. The molecule has 0 aliphatic rings. The van der Waals surface area contributed by atoms with E-state index in [4.69, 9.17) is 17.3 Å². The Morgan fingerprint density at radius 3 is 2.76 bits per heavy atom. The standard InChI is InChI=1S/C16H15ClN2OS/c1-10-8-15(21-11(10)2)16(20)19-14-9-12(4-3-7-18)5-6-13(14)17/h5-6,8-9H,7,18H2,1-2H3,(H,19,20). The van der Waals surface area contributed by atoms with Crippen LogP contribution in [0.15, 0.2) is 24.3 Å². The van der Waals surface area contributed by atoms with E-state index in [1.165, 1.54) is 11.3 Å². The number of carbonyl (C=O) groups excluding carboxylic acids is 1. The van der Waals surface area contributed by atoms with Crippen molar-refractivity contribution in [2.75, 3.05) is 11.9 Å². The summed E-state index contributed by atoms with van der Waals surface area (Å²) in [6, 6.07) is 7.13. The van der Waals surface area contributed by atoms with Crippen LogP contribution in [0.4, 0.5) is 5.69 Å². The van der Waals surface area contributed by atoms with Crippen LogP contribution in [-0.4, -0.2) is 12.5 Å². The zero-order valence-electron chi connectivity index (χ0n) is 11.8. The third-order valence-corrected chi connectivity index (χ3v) is 4.42. The number of hydrogen-bond donors (Lipinski definition) is 2. The van der Waals surface area contributed by atoms with Gasteiger partial charge in [0.2, 0.25) is 0 Å². The summed E-state index contributed by atoms with van der Waals surface area (Å²) in [5.41, 5.74) is 7.77. The molecule has 3 N–H and O–H groups in total. The molecule has 3 nitrogen and oxygen atoms in total. The van der Waals surface area contributed by atoms with Gasteiger partial charge >= 0.3 is 0 Å². The first kappa shape index (κ1) is 15.6. The van der Waals surface area contributed by atoms with E-state index >= 15 is 0 Å². The fraction of sp³-hybridized carbons (Fsp3) is 0.188. The minimum Gasteiger partial charge on any atom is -0.320 e. The van der Waals surface area contributed by atoms with Gasteiger partial charge in [-0.05, 0) is 43.7 Å². The molecular formula is C16H15ClN2OS. The van der Waals surface area contributed by atoms with Gasteiger partial charge in [-0.25, -0.2) is 0 Å². The van der Waals surface area contributed by atoms with Crippen molar-refractivity contribution in [2.45, 2.75) is 13.8 Å². The van der Waals surface area contributed by atoms with E-state index in [0.29, 0.717) is 15.6 Å². The van der Waals surface area contributed by atoms with Gasteiger partial charge in [0, 0.05) is 10.4 Å². The van der Waals surface area contributed by atoms with Gasteiger partial charge < -0.3 is 11.1 Å². The van der Waals surface area contributed by atoms with E-state index < -0.39 is 0 Å². The van der Waals surface area contributed by atoms with Crippen molar-refractivity contribution in [3.8, 4) is 11.8 Å². The molecule has 0 bridgehead atoms. The van der Waals surface area contributed by atoms with Gasteiger partial charge in [-0.15, -0.1) is 11.3 Å². The Balaban J connectivity index is 2.24. The van der Waals surface area contributed by atoms with E-state index in [-0.39, 0.29) is 12.5 Å². The average Bonchev–Trinajstić information content (AvgIpc) is 2.79. The summed E-state index contributed by atoms with van der Waals surface area (Å²) < 4.78 is 0. The van der Waals surface area contributed by atoms with Crippen LogP contribution in [0, 0.1) is 25.7 Å². The number of anilines is 1. The van der Waals surface area contributed by atoms with Crippen LogP contribution >= 0.6 is 22.9 Å². The Kier molecular flexibility index (Phi) is 5.03. The highest BCUT2D eigenvalue weighted by Crippen LogP contribution is 2.26. The second-order valence-corrected chi connectivity index (χ2v) is 6.17. The van der Waals surface area contributed by atoms with Gasteiger partial charge in [0.15, 0.2) is 0 Å². The van der Waals surface area contributed by atoms with E-state index in [0.717, 1.165) is 16.0 Å². The Bertz CT molecular complexity index is 721. The van der Waals surface area contributed by atoms with Gasteiger partial charge in [0.25, 0.3) is 5.91 Å². The van der Waals surface area contributed by atoms with Crippen LogP contribution in [0.2, 0.25) is 5.02 Å². The lowest BCUT2D eigenvalue weighted by Crippen LogP contribution is -2.10. The number of amides is 1. The SMILES string of the molecule is Cc1cc(C(=O)Nc2cc(C#CCN)ccc2Cl)sc1C. The Morgan fingerprint density at radius 1 is 1.38 bits per heavy atom. The van der Waals surface area contributed by atoms with E-state index in [9.17, 15) is 4.79 Å². The second kappa shape index (κ2) is 6.77. The molecule has 0 aliphatic carbocycles. The van der Waals surface area contributed by atoms with Gasteiger partial charge in [0.05, 0.1) is 22.1 Å². The second-order valence-electron chi connectivity index (χ2n) is 4.50. The molecule has 0 saturated carbocycles. The van der Waals surface area contributed by atoms with Crippen molar-refractivity contribution < 1.29 is 4.79 Å². The minimum absolute atomic E-state index is 0.165. The molecule has 2 aromatic rings. The predicted octanol–water partition coefficient (Wildman–Crippen LogP) is 3.58. The molecule has 1 aromatic heterocycles. The average molecular weight is 319 g/mol. The van der Waals surface area contributed by atoms with Crippen LogP contribution < -0.4 is 11.1 Å². The number of thiophene rings is 1. The number of rotatable bonds is 2. The highest BCUT2D eigenvalue weighted by atomic mass is 35.5. The van der Waals surface area contributed by atoms with Crippen molar-refractivity contribution >= 4 is 34.5 Å². The van der Waals surface area contributed by atoms with E-state index in [1.54, 1.807) is 18.2 Å². The van der Waals surface area contributed by atoms with E-state index in [2.05, 4.69) is 17.2 Å². The molecule has 0 spiro atoms. The maximum Gasteiger partial charge on any atom is 0.265 e. The van der Waals surface area contributed by atoms with Crippen LogP contribution in [0.5, 0.6) is 0 Å². The zero-order valence-corrected chi connectivity index (χ0v) is 13.4. The molecule has 21 heavy (non-hydrogen) atoms. The van der Waals surface area contributed by atoms with Crippen molar-refractivity contribution in [3.05, 3.63) is 50.2 Å². The molecule has 1 aromatic carbocycles. The number of hydrogen-bond acceptors (Lipinski definition) is 3. The molecule has 0 saturated heterocycles. The molecule has 0 aliphatic heterocycles. The molecule has 0 radical (unpaired) electrons. The fourth-order valence-corrected chi connectivity index (χ4v) is 2.81. The molecule has 0 fully saturated rings. The Labute approximate surface area is 133 Å². The number of nitrogens with two attached hydrogens (primary N) is 1. The summed E-state index contributed by atoms with van der Waals surface area (Å²) in [5, 5.41) is 3.30. The number of aryl methyl sites for hydroxylation is 2. The lowest BCUT2D eigenvalue weighted by molar-refractivity contribution is 0.103. The van der Waals surface area contributed by atoms with E-state index in [1.807, 2.05) is 19.9 Å². The van der Waals surface area contributed by atoms with Crippen molar-refractivity contribution in [1.82, 2.24) is 0 Å². The minimum atomic E-state index is -0.165. The lowest BCUT2D eigenvalue weighted by Gasteiger charge is -2.06. The summed E-state index contributed by atoms with van der Waals surface area (Å²) in [4.78, 5) is 14.0. The normalized spacial score (nSPS) is 9.90. The maximum absolute atomic E-state index is 12.2. The molecule has 0 atom stereocenters. The van der Waals surface area contributed by atoms with Crippen molar-refractivity contribution in [3.63, 3.8) is 0 Å². The number of halogens is 1. The largest absolute Gasteiger partial charge is 0.320 e. The quantitative estimate of drug-likeness (QED) is 0.832. The van der Waals surface area contributed by atoms with Gasteiger partial charge in [-0.1, -0.05) is 23.4 Å².